The first-order valence-electron chi connectivity index (χ1n) is 35.4. The van der Waals surface area contributed by atoms with E-state index >= 15 is 0 Å². The number of phosphoric ester groups is 2. The number of rotatable bonds is 66. The number of phosphoric acid groups is 2. The Morgan fingerprint density at radius 1 is 0.333 bits per heavy atom. The quantitative estimate of drug-likeness (QED) is 0.0222. The normalized spacial score (nSPS) is 14.9. The van der Waals surface area contributed by atoms with Crippen molar-refractivity contribution in [3.63, 3.8) is 0 Å². The number of aliphatic hydroxyl groups is 1. The van der Waals surface area contributed by atoms with Gasteiger partial charge in [0.1, 0.15) is 19.3 Å². The summed E-state index contributed by atoms with van der Waals surface area (Å²) in [5.74, 6) is -0.00547. The van der Waals surface area contributed by atoms with Crippen LogP contribution in [0.1, 0.15) is 337 Å². The van der Waals surface area contributed by atoms with Crippen molar-refractivity contribution in [3.8, 4) is 0 Å². The van der Waals surface area contributed by atoms with E-state index in [4.69, 9.17) is 37.0 Å². The Hall–Kier alpha value is -1.94. The molecule has 0 aromatic carbocycles. The predicted molar refractivity (Wildman–Crippen MR) is 349 cm³/mol. The van der Waals surface area contributed by atoms with Crippen LogP contribution in [0.5, 0.6) is 0 Å². The van der Waals surface area contributed by atoms with Crippen LogP contribution >= 0.6 is 15.6 Å². The molecule has 0 aliphatic heterocycles. The number of unbranched alkanes of at least 4 members (excludes halogenated alkanes) is 32. The molecule has 0 radical (unpaired) electrons. The average molecular weight is 1280 g/mol. The molecule has 0 aromatic rings. The summed E-state index contributed by atoms with van der Waals surface area (Å²) in [5.41, 5.74) is 0. The van der Waals surface area contributed by atoms with Gasteiger partial charge < -0.3 is 33.8 Å². The molecule has 3 N–H and O–H groups in total. The van der Waals surface area contributed by atoms with Crippen LogP contribution in [-0.4, -0.2) is 96.7 Å². The van der Waals surface area contributed by atoms with Crippen LogP contribution in [0.2, 0.25) is 0 Å². The highest BCUT2D eigenvalue weighted by Gasteiger charge is 2.30. The van der Waals surface area contributed by atoms with Gasteiger partial charge in [0, 0.05) is 25.7 Å². The second kappa shape index (κ2) is 59.1. The molecule has 0 aliphatic carbocycles. The highest BCUT2D eigenvalue weighted by molar-refractivity contribution is 7.47. The van der Waals surface area contributed by atoms with Gasteiger partial charge in [-0.2, -0.15) is 0 Å². The topological polar surface area (TPSA) is 237 Å². The van der Waals surface area contributed by atoms with Crippen molar-refractivity contribution in [2.75, 3.05) is 39.6 Å². The molecule has 7 atom stereocenters. The number of ether oxygens (including phenoxy) is 4. The first-order valence-corrected chi connectivity index (χ1v) is 38.4. The van der Waals surface area contributed by atoms with Crippen molar-refractivity contribution in [3.05, 3.63) is 0 Å². The van der Waals surface area contributed by atoms with E-state index in [2.05, 4.69) is 48.5 Å². The molecule has 19 heteroatoms. The Balaban J connectivity index is 5.20. The molecule has 516 valence electrons. The van der Waals surface area contributed by atoms with E-state index in [0.717, 1.165) is 115 Å². The van der Waals surface area contributed by atoms with E-state index in [9.17, 15) is 43.2 Å². The molecule has 87 heavy (non-hydrogen) atoms. The van der Waals surface area contributed by atoms with E-state index in [1.165, 1.54) is 135 Å². The molecule has 17 nitrogen and oxygen atoms in total. The zero-order valence-electron chi connectivity index (χ0n) is 56.5. The third-order valence-corrected chi connectivity index (χ3v) is 18.3. The van der Waals surface area contributed by atoms with Crippen molar-refractivity contribution in [2.45, 2.75) is 356 Å². The summed E-state index contributed by atoms with van der Waals surface area (Å²) >= 11 is 0. The van der Waals surface area contributed by atoms with E-state index in [1.54, 1.807) is 0 Å². The first kappa shape index (κ1) is 85.1. The highest BCUT2D eigenvalue weighted by Crippen LogP contribution is 2.45. The molecule has 4 unspecified atom stereocenters. The number of carbonyl (C=O) groups is 4. The summed E-state index contributed by atoms with van der Waals surface area (Å²) in [6.07, 6.45) is 42.0. The Bertz CT molecular complexity index is 1720. The molecule has 0 saturated carbocycles. The van der Waals surface area contributed by atoms with Crippen LogP contribution in [0.15, 0.2) is 0 Å². The summed E-state index contributed by atoms with van der Waals surface area (Å²) in [6.45, 7) is 11.7. The van der Waals surface area contributed by atoms with Gasteiger partial charge in [-0.15, -0.1) is 0 Å². The van der Waals surface area contributed by atoms with E-state index in [-0.39, 0.29) is 25.7 Å². The van der Waals surface area contributed by atoms with Gasteiger partial charge in [-0.1, -0.05) is 286 Å². The first-order chi connectivity index (χ1) is 41.8. The SMILES string of the molecule is CCCCCCCCCCCCCCCCCCCCC(=O)O[C@H](COC(=O)CCCCCCCCC(C)CC)COP(=O)(O)OC[C@@H](O)COP(=O)(O)OC[C@@H](COC(=O)CCCCCCCCC(C)C)OC(=O)CCCCCCCCC(C)CC. The standard InChI is InChI=1S/C68H132O17P2/c1-8-11-12-13-14-15-16-17-18-19-20-21-22-23-24-25-37-44-51-67(72)84-63(55-79-66(71)50-43-36-30-27-33-40-47-60(6)9-2)57-82-86(74,75)80-53-62(69)54-81-87(76,77)83-58-64(56-78-65(70)49-42-35-29-26-32-39-46-59(4)5)85-68(73)52-45-38-31-28-34-41-48-61(7)10-3/h59-64,69H,8-58H2,1-7H3,(H,74,75)(H,76,77)/t60?,61?,62-,63-,64-/m1/s1. The van der Waals surface area contributed by atoms with Crippen molar-refractivity contribution in [1.82, 2.24) is 0 Å². The highest BCUT2D eigenvalue weighted by atomic mass is 31.2. The molecule has 0 heterocycles. The summed E-state index contributed by atoms with van der Waals surface area (Å²) < 4.78 is 68.1. The zero-order chi connectivity index (χ0) is 64.5. The molecule has 0 aliphatic rings. The van der Waals surface area contributed by atoms with Crippen molar-refractivity contribution < 1.29 is 80.2 Å². The third-order valence-electron chi connectivity index (χ3n) is 16.4. The van der Waals surface area contributed by atoms with Gasteiger partial charge in [0.2, 0.25) is 0 Å². The van der Waals surface area contributed by atoms with E-state index in [1.807, 2.05) is 0 Å². The van der Waals surface area contributed by atoms with E-state index in [0.29, 0.717) is 31.6 Å². The van der Waals surface area contributed by atoms with Crippen molar-refractivity contribution in [1.29, 1.82) is 0 Å². The second-order valence-corrected chi connectivity index (χ2v) is 28.4. The molecule has 0 aromatic heterocycles. The summed E-state index contributed by atoms with van der Waals surface area (Å²) in [7, 11) is -9.90. The van der Waals surface area contributed by atoms with Crippen LogP contribution in [0.25, 0.3) is 0 Å². The van der Waals surface area contributed by atoms with Crippen LogP contribution < -0.4 is 0 Å². The van der Waals surface area contributed by atoms with Gasteiger partial charge in [0.25, 0.3) is 0 Å². The van der Waals surface area contributed by atoms with Gasteiger partial charge >= 0.3 is 39.5 Å². The molecule has 0 bridgehead atoms. The lowest BCUT2D eigenvalue weighted by Gasteiger charge is -2.21. The number of aliphatic hydroxyl groups excluding tert-OH is 1. The Labute approximate surface area is 530 Å². The smallest absolute Gasteiger partial charge is 0.462 e. The molecule has 0 amide bonds. The lowest BCUT2D eigenvalue weighted by molar-refractivity contribution is -0.161. The fourth-order valence-electron chi connectivity index (χ4n) is 10.1. The lowest BCUT2D eigenvalue weighted by atomic mass is 10.00. The van der Waals surface area contributed by atoms with E-state index < -0.39 is 97.5 Å². The second-order valence-electron chi connectivity index (χ2n) is 25.5. The molecule has 0 saturated heterocycles. The Kier molecular flexibility index (Phi) is 57.8. The average Bonchev–Trinajstić information content (AvgIpc) is 3.62. The van der Waals surface area contributed by atoms with Gasteiger partial charge in [0.05, 0.1) is 26.4 Å². The fraction of sp³-hybridized carbons (Fsp3) is 0.941. The maximum atomic E-state index is 13.0. The van der Waals surface area contributed by atoms with Gasteiger partial charge in [0.15, 0.2) is 12.2 Å². The van der Waals surface area contributed by atoms with Crippen LogP contribution in [0.3, 0.4) is 0 Å². The van der Waals surface area contributed by atoms with Gasteiger partial charge in [-0.3, -0.25) is 37.3 Å². The molecule has 0 rings (SSSR count). The number of hydrogen-bond donors (Lipinski definition) is 3. The largest absolute Gasteiger partial charge is 0.472 e. The summed E-state index contributed by atoms with van der Waals surface area (Å²) in [6, 6.07) is 0. The Morgan fingerprint density at radius 3 is 0.874 bits per heavy atom. The zero-order valence-corrected chi connectivity index (χ0v) is 58.3. The fourth-order valence-corrected chi connectivity index (χ4v) is 11.7. The van der Waals surface area contributed by atoms with Crippen molar-refractivity contribution >= 4 is 39.5 Å². The third kappa shape index (κ3) is 60.1. The molecular weight excluding hydrogens is 1150 g/mol. The minimum absolute atomic E-state index is 0.102. The number of hydrogen-bond acceptors (Lipinski definition) is 15. The molecule has 0 fully saturated rings. The van der Waals surface area contributed by atoms with Gasteiger partial charge in [-0.05, 0) is 43.4 Å². The maximum Gasteiger partial charge on any atom is 0.472 e. The summed E-state index contributed by atoms with van der Waals surface area (Å²) in [5, 5.41) is 10.6. The van der Waals surface area contributed by atoms with Crippen LogP contribution in [0.4, 0.5) is 0 Å². The maximum absolute atomic E-state index is 13.0. The predicted octanol–water partition coefficient (Wildman–Crippen LogP) is 19.1. The number of carbonyl (C=O) groups excluding carboxylic acids is 4. The minimum Gasteiger partial charge on any atom is -0.462 e. The van der Waals surface area contributed by atoms with Crippen molar-refractivity contribution in [2.24, 2.45) is 17.8 Å². The summed E-state index contributed by atoms with van der Waals surface area (Å²) in [4.78, 5) is 72.3. The van der Waals surface area contributed by atoms with Crippen LogP contribution in [0, 0.1) is 17.8 Å². The minimum atomic E-state index is -4.95. The molecule has 0 spiro atoms. The number of esters is 4. The van der Waals surface area contributed by atoms with Crippen LogP contribution in [-0.2, 0) is 65.4 Å². The van der Waals surface area contributed by atoms with Gasteiger partial charge in [-0.25, -0.2) is 9.13 Å². The monoisotopic (exact) mass is 1280 g/mol. The lowest BCUT2D eigenvalue weighted by Crippen LogP contribution is -2.30. The molecular formula is C68H132O17P2. The Morgan fingerprint density at radius 2 is 0.586 bits per heavy atom.